The Hall–Kier alpha value is -1.79. The molecule has 0 saturated carbocycles. The number of likely N-dealkylation sites (tertiary alicyclic amines) is 1. The molecule has 0 aromatic heterocycles. The quantitative estimate of drug-likeness (QED) is 0.871. The van der Waals surface area contributed by atoms with Gasteiger partial charge in [0.25, 0.3) is 5.91 Å². The van der Waals surface area contributed by atoms with Crippen molar-refractivity contribution in [2.45, 2.75) is 31.6 Å². The highest BCUT2D eigenvalue weighted by molar-refractivity contribution is 6.30. The minimum atomic E-state index is -1.13. The van der Waals surface area contributed by atoms with Gasteiger partial charge in [0, 0.05) is 18.0 Å². The predicted molar refractivity (Wildman–Crippen MR) is 75.3 cm³/mol. The van der Waals surface area contributed by atoms with Crippen molar-refractivity contribution in [1.29, 1.82) is 0 Å². The van der Waals surface area contributed by atoms with Crippen molar-refractivity contribution in [2.75, 3.05) is 6.54 Å². The number of nitrogens with zero attached hydrogens (tertiary/aromatic N) is 1. The van der Waals surface area contributed by atoms with Crippen molar-refractivity contribution in [1.82, 2.24) is 4.90 Å². The maximum absolute atomic E-state index is 12.3. The lowest BCUT2D eigenvalue weighted by Gasteiger charge is -2.25. The molecule has 0 spiro atoms. The Kier molecular flexibility index (Phi) is 4.69. The van der Waals surface area contributed by atoms with E-state index >= 15 is 0 Å². The molecular formula is C14H16ClNO5. The van der Waals surface area contributed by atoms with Gasteiger partial charge in [0.05, 0.1) is 6.10 Å². The molecule has 1 unspecified atom stereocenters. The summed E-state index contributed by atoms with van der Waals surface area (Å²) in [6, 6.07) is 5.50. The fraction of sp³-hybridized carbons (Fsp3) is 0.429. The molecule has 1 heterocycles. The summed E-state index contributed by atoms with van der Waals surface area (Å²) in [5.41, 5.74) is 0. The van der Waals surface area contributed by atoms with Gasteiger partial charge in [-0.3, -0.25) is 4.79 Å². The van der Waals surface area contributed by atoms with Gasteiger partial charge in [0.1, 0.15) is 11.8 Å². The van der Waals surface area contributed by atoms with Crippen LogP contribution in [0.15, 0.2) is 24.3 Å². The van der Waals surface area contributed by atoms with Gasteiger partial charge in [0.15, 0.2) is 6.10 Å². The molecule has 2 N–H and O–H groups in total. The van der Waals surface area contributed by atoms with Crippen molar-refractivity contribution in [2.24, 2.45) is 0 Å². The topological polar surface area (TPSA) is 87.1 Å². The maximum atomic E-state index is 12.3. The number of aliphatic hydroxyl groups excluding tert-OH is 1. The molecule has 1 amide bonds. The van der Waals surface area contributed by atoms with Gasteiger partial charge in [-0.05, 0) is 31.2 Å². The van der Waals surface area contributed by atoms with Crippen molar-refractivity contribution in [3.8, 4) is 5.75 Å². The number of rotatable bonds is 4. The third-order valence-corrected chi connectivity index (χ3v) is 3.57. The molecule has 6 nitrogen and oxygen atoms in total. The number of aliphatic carboxylic acids is 1. The summed E-state index contributed by atoms with van der Waals surface area (Å²) in [4.78, 5) is 24.5. The first-order chi connectivity index (χ1) is 9.88. The molecule has 7 heteroatoms. The van der Waals surface area contributed by atoms with Crippen LogP contribution in [-0.4, -0.2) is 51.8 Å². The Morgan fingerprint density at radius 2 is 2.00 bits per heavy atom. The highest BCUT2D eigenvalue weighted by Gasteiger charge is 2.40. The molecule has 1 aromatic rings. The summed E-state index contributed by atoms with van der Waals surface area (Å²) >= 11 is 5.76. The Balaban J connectivity index is 2.04. The van der Waals surface area contributed by atoms with Crippen LogP contribution in [0.3, 0.4) is 0 Å². The molecule has 1 fully saturated rings. The van der Waals surface area contributed by atoms with Crippen LogP contribution in [-0.2, 0) is 9.59 Å². The van der Waals surface area contributed by atoms with E-state index in [0.717, 1.165) is 4.90 Å². The molecule has 1 aromatic carbocycles. The zero-order chi connectivity index (χ0) is 15.6. The smallest absolute Gasteiger partial charge is 0.326 e. The zero-order valence-electron chi connectivity index (χ0n) is 11.4. The highest BCUT2D eigenvalue weighted by atomic mass is 35.5. The first-order valence-electron chi connectivity index (χ1n) is 6.52. The second-order valence-electron chi connectivity index (χ2n) is 4.95. The third-order valence-electron chi connectivity index (χ3n) is 3.32. The lowest BCUT2D eigenvalue weighted by atomic mass is 10.2. The van der Waals surface area contributed by atoms with Crippen molar-refractivity contribution in [3.63, 3.8) is 0 Å². The fourth-order valence-corrected chi connectivity index (χ4v) is 2.42. The number of carboxylic acids is 1. The number of halogens is 1. The van der Waals surface area contributed by atoms with Crippen LogP contribution in [0, 0.1) is 0 Å². The van der Waals surface area contributed by atoms with Gasteiger partial charge in [0.2, 0.25) is 0 Å². The summed E-state index contributed by atoms with van der Waals surface area (Å²) in [6.45, 7) is 1.55. The number of hydrogen-bond donors (Lipinski definition) is 2. The molecule has 1 aliphatic rings. The lowest BCUT2D eigenvalue weighted by Crippen LogP contribution is -2.46. The average molecular weight is 314 g/mol. The Bertz CT molecular complexity index is 533. The first kappa shape index (κ1) is 15.6. The Labute approximate surface area is 126 Å². The van der Waals surface area contributed by atoms with E-state index in [0.29, 0.717) is 10.8 Å². The number of carboxylic acid groups (broad SMARTS) is 1. The molecule has 0 aliphatic carbocycles. The molecule has 1 saturated heterocycles. The highest BCUT2D eigenvalue weighted by Crippen LogP contribution is 2.22. The second-order valence-corrected chi connectivity index (χ2v) is 5.38. The van der Waals surface area contributed by atoms with Gasteiger partial charge >= 0.3 is 5.97 Å². The largest absolute Gasteiger partial charge is 0.481 e. The molecule has 1 aliphatic heterocycles. The molecular weight excluding hydrogens is 298 g/mol. The monoisotopic (exact) mass is 313 g/mol. The number of carbonyl (C=O) groups is 2. The summed E-state index contributed by atoms with van der Waals surface area (Å²) in [6.07, 6.45) is -1.63. The molecule has 0 radical (unpaired) electrons. The van der Waals surface area contributed by atoms with Crippen LogP contribution in [0.1, 0.15) is 13.3 Å². The predicted octanol–water partition coefficient (Wildman–Crippen LogP) is 1.15. The van der Waals surface area contributed by atoms with E-state index in [1.807, 2.05) is 0 Å². The number of amides is 1. The van der Waals surface area contributed by atoms with E-state index in [1.54, 1.807) is 31.2 Å². The number of benzene rings is 1. The SMILES string of the molecule is CC(Oc1ccc(Cl)cc1)C(=O)N1C[C@@H](O)C[C@H]1C(=O)O. The Morgan fingerprint density at radius 1 is 1.38 bits per heavy atom. The average Bonchev–Trinajstić information content (AvgIpc) is 2.82. The minimum absolute atomic E-state index is 0.00409. The van der Waals surface area contributed by atoms with Crippen molar-refractivity contribution in [3.05, 3.63) is 29.3 Å². The number of ether oxygens (including phenoxy) is 1. The molecule has 21 heavy (non-hydrogen) atoms. The van der Waals surface area contributed by atoms with Crippen molar-refractivity contribution >= 4 is 23.5 Å². The summed E-state index contributed by atoms with van der Waals surface area (Å²) in [7, 11) is 0. The maximum Gasteiger partial charge on any atom is 0.326 e. The van der Waals surface area contributed by atoms with E-state index in [-0.39, 0.29) is 13.0 Å². The number of β-amino-alcohol motifs (C(OH)–C–C–N with tert-alkyl or cyclic N) is 1. The molecule has 0 bridgehead atoms. The zero-order valence-corrected chi connectivity index (χ0v) is 12.2. The summed E-state index contributed by atoms with van der Waals surface area (Å²) in [5.74, 6) is -1.13. The van der Waals surface area contributed by atoms with Crippen LogP contribution in [0.25, 0.3) is 0 Å². The van der Waals surface area contributed by atoms with Gasteiger partial charge in [-0.2, -0.15) is 0 Å². The van der Waals surface area contributed by atoms with Gasteiger partial charge in [-0.15, -0.1) is 0 Å². The van der Waals surface area contributed by atoms with Crippen LogP contribution in [0.2, 0.25) is 5.02 Å². The summed E-state index contributed by atoms with van der Waals surface area (Å²) in [5, 5.41) is 19.2. The Morgan fingerprint density at radius 3 is 2.57 bits per heavy atom. The van der Waals surface area contributed by atoms with E-state index < -0.39 is 30.1 Å². The molecule has 2 rings (SSSR count). The number of carbonyl (C=O) groups excluding carboxylic acids is 1. The van der Waals surface area contributed by atoms with Gasteiger partial charge in [-0.25, -0.2) is 4.79 Å². The fourth-order valence-electron chi connectivity index (χ4n) is 2.29. The van der Waals surface area contributed by atoms with Gasteiger partial charge < -0.3 is 19.8 Å². The number of hydrogen-bond acceptors (Lipinski definition) is 4. The molecule has 114 valence electrons. The first-order valence-corrected chi connectivity index (χ1v) is 6.90. The van der Waals surface area contributed by atoms with Crippen LogP contribution in [0.4, 0.5) is 0 Å². The van der Waals surface area contributed by atoms with E-state index in [2.05, 4.69) is 0 Å². The normalized spacial score (nSPS) is 22.9. The number of aliphatic hydroxyl groups is 1. The van der Waals surface area contributed by atoms with E-state index in [4.69, 9.17) is 21.4 Å². The standard InChI is InChI=1S/C14H16ClNO5/c1-8(21-11-4-2-9(15)3-5-11)13(18)16-7-10(17)6-12(16)14(19)20/h2-5,8,10,12,17H,6-7H2,1H3,(H,19,20)/t8?,10-,12-/m0/s1. The van der Waals surface area contributed by atoms with Crippen LogP contribution >= 0.6 is 11.6 Å². The lowest BCUT2D eigenvalue weighted by molar-refractivity contribution is -0.150. The van der Waals surface area contributed by atoms with E-state index in [9.17, 15) is 14.7 Å². The third kappa shape index (κ3) is 3.65. The van der Waals surface area contributed by atoms with Crippen LogP contribution in [0.5, 0.6) is 5.75 Å². The van der Waals surface area contributed by atoms with Crippen molar-refractivity contribution < 1.29 is 24.5 Å². The van der Waals surface area contributed by atoms with Gasteiger partial charge in [-0.1, -0.05) is 11.6 Å². The second kappa shape index (κ2) is 6.32. The van der Waals surface area contributed by atoms with E-state index in [1.165, 1.54) is 0 Å². The van der Waals surface area contributed by atoms with Crippen LogP contribution < -0.4 is 4.74 Å². The summed E-state index contributed by atoms with van der Waals surface area (Å²) < 4.78 is 5.48. The minimum Gasteiger partial charge on any atom is -0.481 e. The molecule has 3 atom stereocenters.